The number of fused-ring (bicyclic) bond motifs is 5. The second kappa shape index (κ2) is 12.3. The average Bonchev–Trinajstić information content (AvgIpc) is 3.26. The van der Waals surface area contributed by atoms with E-state index >= 15 is 0 Å². The van der Waals surface area contributed by atoms with E-state index in [0.29, 0.717) is 18.4 Å². The molecule has 3 N–H and O–H groups in total. The maximum atomic E-state index is 13.3. The minimum atomic E-state index is -1.50. The molecule has 3 saturated carbocycles. The van der Waals surface area contributed by atoms with Gasteiger partial charge in [-0.3, -0.25) is 9.59 Å². The number of rotatable bonds is 7. The zero-order valence-corrected chi connectivity index (χ0v) is 25.0. The monoisotopic (exact) mass is 599 g/mol. The molecule has 1 aromatic rings. The van der Waals surface area contributed by atoms with Crippen LogP contribution < -0.4 is 0 Å². The van der Waals surface area contributed by atoms with Gasteiger partial charge < -0.3 is 24.9 Å². The molecule has 3 fully saturated rings. The van der Waals surface area contributed by atoms with E-state index in [-0.39, 0.29) is 64.8 Å². The van der Waals surface area contributed by atoms with E-state index in [2.05, 4.69) is 18.7 Å². The third kappa shape index (κ3) is 7.05. The van der Waals surface area contributed by atoms with Crippen LogP contribution in [0.4, 0.5) is 0 Å². The topological polar surface area (TPSA) is 174 Å². The van der Waals surface area contributed by atoms with Gasteiger partial charge in [0.15, 0.2) is 24.0 Å². The van der Waals surface area contributed by atoms with E-state index < -0.39 is 22.9 Å². The third-order valence-corrected chi connectivity index (χ3v) is 9.75. The quantitative estimate of drug-likeness (QED) is 0.181. The van der Waals surface area contributed by atoms with Gasteiger partial charge in [-0.05, 0) is 93.1 Å². The molecule has 234 valence electrons. The highest BCUT2D eigenvalue weighted by Crippen LogP contribution is 2.66. The lowest BCUT2D eigenvalue weighted by atomic mass is 9.46. The second-order valence-corrected chi connectivity index (χ2v) is 13.2. The van der Waals surface area contributed by atoms with Crippen molar-refractivity contribution in [2.24, 2.45) is 34.5 Å². The first-order valence-electron chi connectivity index (χ1n) is 14.7. The molecule has 11 nitrogen and oxygen atoms in total. The number of hydrogen-bond acceptors (Lipinski definition) is 10. The van der Waals surface area contributed by atoms with Crippen LogP contribution in [0.25, 0.3) is 0 Å². The molecule has 0 spiro atoms. The molecule has 7 atom stereocenters. The highest BCUT2D eigenvalue weighted by Gasteiger charge is 2.62. The largest absolute Gasteiger partial charge is 0.454 e. The zero-order valence-electron chi connectivity index (χ0n) is 25.0. The summed E-state index contributed by atoms with van der Waals surface area (Å²) in [5.41, 5.74) is 1.15. The van der Waals surface area contributed by atoms with Gasteiger partial charge in [0.25, 0.3) is 5.09 Å². The van der Waals surface area contributed by atoms with Crippen molar-refractivity contribution in [1.82, 2.24) is 0 Å². The molecule has 0 saturated heterocycles. The van der Waals surface area contributed by atoms with E-state index in [4.69, 9.17) is 14.9 Å². The van der Waals surface area contributed by atoms with Crippen LogP contribution in [0, 0.1) is 44.6 Å². The SMILES string of the molecule is CC(C)(O)O.CC12C=CC(=O)C=C1CCC1C2C(O)CC2(C)C(C(=O)COC(=O)c3ccc(CO[N+](=O)[O-])cc3)CCC12. The van der Waals surface area contributed by atoms with Gasteiger partial charge in [0.1, 0.15) is 6.61 Å². The van der Waals surface area contributed by atoms with Crippen LogP contribution in [-0.2, 0) is 25.8 Å². The maximum absolute atomic E-state index is 13.3. The van der Waals surface area contributed by atoms with E-state index in [9.17, 15) is 29.6 Å². The smallest absolute Gasteiger partial charge is 0.338 e. The summed E-state index contributed by atoms with van der Waals surface area (Å²) >= 11 is 0. The Balaban J connectivity index is 0.000000782. The van der Waals surface area contributed by atoms with Crippen molar-refractivity contribution in [3.63, 3.8) is 0 Å². The number of ether oxygens (including phenoxy) is 1. The highest BCUT2D eigenvalue weighted by molar-refractivity contribution is 6.01. The summed E-state index contributed by atoms with van der Waals surface area (Å²) < 4.78 is 5.36. The molecule has 4 aliphatic carbocycles. The van der Waals surface area contributed by atoms with E-state index in [1.807, 2.05) is 6.08 Å². The number of benzene rings is 1. The lowest BCUT2D eigenvalue weighted by molar-refractivity contribution is -0.763. The summed E-state index contributed by atoms with van der Waals surface area (Å²) in [5, 5.41) is 37.1. The van der Waals surface area contributed by atoms with Crippen molar-refractivity contribution in [2.75, 3.05) is 6.61 Å². The Hall–Kier alpha value is -3.41. The summed E-state index contributed by atoms with van der Waals surface area (Å²) in [6.07, 6.45) is 8.54. The van der Waals surface area contributed by atoms with Gasteiger partial charge in [-0.1, -0.05) is 37.6 Å². The van der Waals surface area contributed by atoms with Gasteiger partial charge in [0.2, 0.25) is 0 Å². The minimum absolute atomic E-state index is 0.00642. The molecule has 0 aromatic heterocycles. The van der Waals surface area contributed by atoms with Crippen molar-refractivity contribution in [2.45, 2.75) is 78.3 Å². The van der Waals surface area contributed by atoms with Crippen molar-refractivity contribution in [3.05, 3.63) is 69.3 Å². The zero-order chi connectivity index (χ0) is 31.7. The first kappa shape index (κ1) is 32.5. The number of nitrogens with zero attached hydrogens (tertiary/aromatic N) is 1. The summed E-state index contributed by atoms with van der Waals surface area (Å²) in [5.74, 6) is -2.02. The van der Waals surface area contributed by atoms with Gasteiger partial charge in [0, 0.05) is 17.3 Å². The molecule has 0 amide bonds. The number of ketones is 2. The molecule has 1 aromatic carbocycles. The Kier molecular flexibility index (Phi) is 9.30. The fraction of sp³-hybridized carbons (Fsp3) is 0.594. The molecular weight excluding hydrogens is 558 g/mol. The minimum Gasteiger partial charge on any atom is -0.454 e. The Morgan fingerprint density at radius 1 is 1.12 bits per heavy atom. The number of allylic oxidation sites excluding steroid dienone is 4. The first-order chi connectivity index (χ1) is 20.0. The third-order valence-electron chi connectivity index (χ3n) is 9.75. The predicted octanol–water partition coefficient (Wildman–Crippen LogP) is 3.72. The van der Waals surface area contributed by atoms with Gasteiger partial charge in [-0.25, -0.2) is 4.79 Å². The average molecular weight is 600 g/mol. The predicted molar refractivity (Wildman–Crippen MR) is 154 cm³/mol. The fourth-order valence-corrected chi connectivity index (χ4v) is 8.04. The summed E-state index contributed by atoms with van der Waals surface area (Å²) in [6.45, 7) is 6.27. The Morgan fingerprint density at radius 3 is 2.40 bits per heavy atom. The molecule has 5 rings (SSSR count). The molecule has 4 aliphatic rings. The van der Waals surface area contributed by atoms with Gasteiger partial charge in [-0.2, -0.15) is 0 Å². The van der Waals surface area contributed by atoms with Crippen LogP contribution in [0.2, 0.25) is 0 Å². The van der Waals surface area contributed by atoms with Crippen LogP contribution in [0.15, 0.2) is 48.1 Å². The Bertz CT molecular complexity index is 1310. The molecule has 0 heterocycles. The normalized spacial score (nSPS) is 32.7. The Morgan fingerprint density at radius 2 is 1.77 bits per heavy atom. The Labute approximate surface area is 250 Å². The number of aliphatic hydroxyl groups is 3. The van der Waals surface area contributed by atoms with Crippen LogP contribution in [-0.4, -0.2) is 56.4 Å². The van der Waals surface area contributed by atoms with Crippen LogP contribution in [0.5, 0.6) is 0 Å². The van der Waals surface area contributed by atoms with Crippen molar-refractivity contribution in [3.8, 4) is 0 Å². The van der Waals surface area contributed by atoms with E-state index in [1.165, 1.54) is 38.1 Å². The fourth-order valence-electron chi connectivity index (χ4n) is 8.04. The van der Waals surface area contributed by atoms with E-state index in [1.54, 1.807) is 12.2 Å². The number of carbonyl (C=O) groups is 3. The second-order valence-electron chi connectivity index (χ2n) is 13.2. The van der Waals surface area contributed by atoms with E-state index in [0.717, 1.165) is 24.8 Å². The summed E-state index contributed by atoms with van der Waals surface area (Å²) in [4.78, 5) is 52.5. The van der Waals surface area contributed by atoms with Crippen molar-refractivity contribution < 1.29 is 44.4 Å². The molecular formula is C32H41NO10. The van der Waals surface area contributed by atoms with Crippen LogP contribution in [0.1, 0.15) is 75.7 Å². The first-order valence-corrected chi connectivity index (χ1v) is 14.7. The maximum Gasteiger partial charge on any atom is 0.338 e. The lowest BCUT2D eigenvalue weighted by Gasteiger charge is -2.58. The molecule has 0 bridgehead atoms. The number of aliphatic hydroxyl groups excluding tert-OH is 1. The van der Waals surface area contributed by atoms with Gasteiger partial charge >= 0.3 is 5.97 Å². The lowest BCUT2D eigenvalue weighted by Crippen LogP contribution is -2.56. The van der Waals surface area contributed by atoms with Gasteiger partial charge in [0.05, 0.1) is 11.7 Å². The van der Waals surface area contributed by atoms with Crippen LogP contribution in [0.3, 0.4) is 0 Å². The summed E-state index contributed by atoms with van der Waals surface area (Å²) in [6, 6.07) is 6.03. The van der Waals surface area contributed by atoms with Crippen LogP contribution >= 0.6 is 0 Å². The number of esters is 1. The number of hydrogen-bond donors (Lipinski definition) is 3. The molecule has 0 radical (unpaired) electrons. The number of Topliss-reactive ketones (excluding diaryl/α,β-unsaturated/α-hetero) is 1. The molecule has 11 heteroatoms. The molecule has 0 aliphatic heterocycles. The van der Waals surface area contributed by atoms with Crippen molar-refractivity contribution >= 4 is 17.5 Å². The molecule has 43 heavy (non-hydrogen) atoms. The van der Waals surface area contributed by atoms with Crippen molar-refractivity contribution in [1.29, 1.82) is 0 Å². The highest BCUT2D eigenvalue weighted by atomic mass is 16.9. The number of carbonyl (C=O) groups excluding carboxylic acids is 3. The molecule has 7 unspecified atom stereocenters. The van der Waals surface area contributed by atoms with Gasteiger partial charge in [-0.15, -0.1) is 10.1 Å². The standard InChI is InChI=1S/C29H33NO8.C3H8O2/c1-28-12-11-20(31)13-19(28)7-8-21-22-9-10-23(29(22,2)14-24(32)26(21)28)25(33)16-37-27(34)18-5-3-17(4-6-18)15-38-30(35)36;1-3(2,4)5/h3-6,11-13,21-24,26,32H,7-10,14-16H2,1-2H3;4-5H,1-2H3. The summed E-state index contributed by atoms with van der Waals surface area (Å²) in [7, 11) is 0.